The van der Waals surface area contributed by atoms with Crippen molar-refractivity contribution in [2.24, 2.45) is 0 Å². The van der Waals surface area contributed by atoms with Crippen LogP contribution in [0.15, 0.2) is 0 Å². The Morgan fingerprint density at radius 3 is 2.62 bits per heavy atom. The zero-order valence-electron chi connectivity index (χ0n) is 8.41. The van der Waals surface area contributed by atoms with Crippen LogP contribution in [0.25, 0.3) is 0 Å². The fourth-order valence-corrected chi connectivity index (χ4v) is 1.78. The minimum absolute atomic E-state index is 0.241. The van der Waals surface area contributed by atoms with Gasteiger partial charge in [-0.05, 0) is 20.8 Å². The number of hydrogen-bond acceptors (Lipinski definition) is 3. The van der Waals surface area contributed by atoms with Crippen LogP contribution >= 0.6 is 0 Å². The lowest BCUT2D eigenvalue weighted by atomic mass is 9.98. The molecule has 0 aliphatic carbocycles. The fourth-order valence-electron chi connectivity index (χ4n) is 1.78. The number of ether oxygens (including phenoxy) is 1. The number of morpholine rings is 1. The van der Waals surface area contributed by atoms with Crippen LogP contribution < -0.4 is 0 Å². The third-order valence-electron chi connectivity index (χ3n) is 2.58. The summed E-state index contributed by atoms with van der Waals surface area (Å²) in [5, 5.41) is 9.10. The van der Waals surface area contributed by atoms with Crippen LogP contribution in [0, 0.1) is 0 Å². The van der Waals surface area contributed by atoms with Crippen molar-refractivity contribution in [1.82, 2.24) is 4.90 Å². The maximum absolute atomic E-state index is 11.1. The molecule has 4 nitrogen and oxygen atoms in total. The van der Waals surface area contributed by atoms with Gasteiger partial charge in [-0.15, -0.1) is 0 Å². The molecule has 0 aromatic rings. The van der Waals surface area contributed by atoms with Crippen LogP contribution in [0.1, 0.15) is 20.8 Å². The van der Waals surface area contributed by atoms with E-state index in [0.717, 1.165) is 0 Å². The zero-order chi connectivity index (χ0) is 10.1. The largest absolute Gasteiger partial charge is 0.480 e. The predicted octanol–water partition coefficient (Wildman–Crippen LogP) is 0.570. The average Bonchev–Trinajstić information content (AvgIpc) is 2.04. The Morgan fingerprint density at radius 1 is 1.62 bits per heavy atom. The Kier molecular flexibility index (Phi) is 2.93. The maximum atomic E-state index is 11.1. The van der Waals surface area contributed by atoms with Gasteiger partial charge in [-0.25, -0.2) is 0 Å². The number of carboxylic acid groups (broad SMARTS) is 1. The third-order valence-corrected chi connectivity index (χ3v) is 2.58. The van der Waals surface area contributed by atoms with E-state index in [1.807, 2.05) is 18.7 Å². The minimum atomic E-state index is -0.855. The topological polar surface area (TPSA) is 49.8 Å². The standard InChI is InChI=1S/C9H17NO3/c1-7(2)10-4-5-13-6-9(10,3)8(11)12/h7H,4-6H2,1-3H3,(H,11,12)/t9-/m0/s1. The second kappa shape index (κ2) is 3.64. The Balaban J connectivity index is 2.83. The Labute approximate surface area is 78.5 Å². The summed E-state index contributed by atoms with van der Waals surface area (Å²) >= 11 is 0. The van der Waals surface area contributed by atoms with Gasteiger partial charge < -0.3 is 9.84 Å². The van der Waals surface area contributed by atoms with Gasteiger partial charge in [0, 0.05) is 12.6 Å². The third kappa shape index (κ3) is 1.84. The minimum Gasteiger partial charge on any atom is -0.480 e. The van der Waals surface area contributed by atoms with Crippen LogP contribution in [-0.2, 0) is 9.53 Å². The number of aliphatic carboxylic acids is 1. The lowest BCUT2D eigenvalue weighted by molar-refractivity contribution is -0.164. The van der Waals surface area contributed by atoms with E-state index >= 15 is 0 Å². The smallest absolute Gasteiger partial charge is 0.326 e. The number of hydrogen-bond donors (Lipinski definition) is 1. The summed E-state index contributed by atoms with van der Waals surface area (Å²) in [6.45, 7) is 7.33. The van der Waals surface area contributed by atoms with Gasteiger partial charge in [0.2, 0.25) is 0 Å². The van der Waals surface area contributed by atoms with Crippen molar-refractivity contribution in [3.05, 3.63) is 0 Å². The molecule has 1 atom stereocenters. The quantitative estimate of drug-likeness (QED) is 0.686. The molecule has 13 heavy (non-hydrogen) atoms. The molecule has 0 aromatic heterocycles. The zero-order valence-corrected chi connectivity index (χ0v) is 8.41. The normalized spacial score (nSPS) is 30.8. The summed E-state index contributed by atoms with van der Waals surface area (Å²) in [6, 6.07) is 0.241. The van der Waals surface area contributed by atoms with Crippen molar-refractivity contribution in [1.29, 1.82) is 0 Å². The first kappa shape index (κ1) is 10.5. The van der Waals surface area contributed by atoms with E-state index in [9.17, 15) is 4.79 Å². The van der Waals surface area contributed by atoms with Gasteiger partial charge in [0.1, 0.15) is 5.54 Å². The van der Waals surface area contributed by atoms with Crippen molar-refractivity contribution < 1.29 is 14.6 Å². The van der Waals surface area contributed by atoms with Crippen LogP contribution in [0.3, 0.4) is 0 Å². The molecule has 0 amide bonds. The molecular weight excluding hydrogens is 170 g/mol. The van der Waals surface area contributed by atoms with Crippen molar-refractivity contribution in [2.45, 2.75) is 32.4 Å². The summed E-state index contributed by atoms with van der Waals surface area (Å²) < 4.78 is 5.20. The molecule has 1 heterocycles. The van der Waals surface area contributed by atoms with E-state index in [2.05, 4.69) is 0 Å². The van der Waals surface area contributed by atoms with Crippen molar-refractivity contribution in [2.75, 3.05) is 19.8 Å². The summed E-state index contributed by atoms with van der Waals surface area (Å²) in [7, 11) is 0. The van der Waals surface area contributed by atoms with Gasteiger partial charge in [-0.3, -0.25) is 9.69 Å². The number of nitrogens with zero attached hydrogens (tertiary/aromatic N) is 1. The van der Waals surface area contributed by atoms with Gasteiger partial charge in [0.15, 0.2) is 0 Å². The first-order chi connectivity index (χ1) is 5.98. The highest BCUT2D eigenvalue weighted by Gasteiger charge is 2.43. The highest BCUT2D eigenvalue weighted by Crippen LogP contribution is 2.22. The van der Waals surface area contributed by atoms with E-state index in [-0.39, 0.29) is 12.6 Å². The number of carboxylic acids is 1. The van der Waals surface area contributed by atoms with E-state index in [4.69, 9.17) is 9.84 Å². The lowest BCUT2D eigenvalue weighted by Crippen LogP contribution is -2.61. The Bertz CT molecular complexity index is 205. The predicted molar refractivity (Wildman–Crippen MR) is 48.7 cm³/mol. The molecule has 0 bridgehead atoms. The van der Waals surface area contributed by atoms with Crippen LogP contribution in [-0.4, -0.2) is 47.3 Å². The molecule has 1 aliphatic rings. The molecule has 0 aromatic carbocycles. The van der Waals surface area contributed by atoms with Crippen LogP contribution in [0.2, 0.25) is 0 Å². The molecule has 0 unspecified atom stereocenters. The van der Waals surface area contributed by atoms with Gasteiger partial charge in [0.05, 0.1) is 13.2 Å². The summed E-state index contributed by atoms with van der Waals surface area (Å²) in [5.74, 6) is -0.805. The molecular formula is C9H17NO3. The van der Waals surface area contributed by atoms with Gasteiger partial charge in [-0.2, -0.15) is 0 Å². The van der Waals surface area contributed by atoms with Gasteiger partial charge in [0.25, 0.3) is 0 Å². The molecule has 1 fully saturated rings. The average molecular weight is 187 g/mol. The fraction of sp³-hybridized carbons (Fsp3) is 0.889. The van der Waals surface area contributed by atoms with Crippen LogP contribution in [0.5, 0.6) is 0 Å². The summed E-state index contributed by atoms with van der Waals surface area (Å²) in [4.78, 5) is 13.0. The van der Waals surface area contributed by atoms with Crippen molar-refractivity contribution in [3.63, 3.8) is 0 Å². The first-order valence-electron chi connectivity index (χ1n) is 4.56. The molecule has 1 saturated heterocycles. The first-order valence-corrected chi connectivity index (χ1v) is 4.56. The van der Waals surface area contributed by atoms with E-state index in [0.29, 0.717) is 13.2 Å². The molecule has 0 spiro atoms. The van der Waals surface area contributed by atoms with Crippen molar-refractivity contribution in [3.8, 4) is 0 Å². The highest BCUT2D eigenvalue weighted by atomic mass is 16.5. The van der Waals surface area contributed by atoms with Gasteiger partial charge in [-0.1, -0.05) is 0 Å². The van der Waals surface area contributed by atoms with E-state index < -0.39 is 11.5 Å². The Hall–Kier alpha value is -0.610. The molecule has 76 valence electrons. The maximum Gasteiger partial charge on any atom is 0.326 e. The van der Waals surface area contributed by atoms with Crippen LogP contribution in [0.4, 0.5) is 0 Å². The lowest BCUT2D eigenvalue weighted by Gasteiger charge is -2.43. The molecule has 4 heteroatoms. The molecule has 1 aliphatic heterocycles. The number of carbonyl (C=O) groups is 1. The summed E-state index contributed by atoms with van der Waals surface area (Å²) in [6.07, 6.45) is 0. The molecule has 0 radical (unpaired) electrons. The monoisotopic (exact) mass is 187 g/mol. The number of rotatable bonds is 2. The molecule has 0 saturated carbocycles. The van der Waals surface area contributed by atoms with E-state index in [1.54, 1.807) is 6.92 Å². The Morgan fingerprint density at radius 2 is 2.23 bits per heavy atom. The molecule has 1 N–H and O–H groups in total. The van der Waals surface area contributed by atoms with Crippen molar-refractivity contribution >= 4 is 5.97 Å². The van der Waals surface area contributed by atoms with Gasteiger partial charge >= 0.3 is 5.97 Å². The second-order valence-corrected chi connectivity index (χ2v) is 3.92. The molecule has 1 rings (SSSR count). The summed E-state index contributed by atoms with van der Waals surface area (Å²) in [5.41, 5.74) is -0.855. The highest BCUT2D eigenvalue weighted by molar-refractivity contribution is 5.78. The van der Waals surface area contributed by atoms with E-state index in [1.165, 1.54) is 0 Å². The second-order valence-electron chi connectivity index (χ2n) is 3.92. The SMILES string of the molecule is CC(C)N1CCOC[C@@]1(C)C(=O)O.